The highest BCUT2D eigenvalue weighted by Crippen LogP contribution is 2.45. The Morgan fingerprint density at radius 1 is 1.17 bits per heavy atom. The summed E-state index contributed by atoms with van der Waals surface area (Å²) in [7, 11) is 0. The minimum atomic E-state index is -0.869. The Morgan fingerprint density at radius 2 is 2.03 bits per heavy atom. The van der Waals surface area contributed by atoms with E-state index in [1.165, 1.54) is 18.5 Å². The normalized spacial score (nSPS) is 23.8. The van der Waals surface area contributed by atoms with Gasteiger partial charge in [-0.3, -0.25) is 14.5 Å². The minimum Gasteiger partial charge on any atom is -0.480 e. The summed E-state index contributed by atoms with van der Waals surface area (Å²) in [6.07, 6.45) is 3.08. The quantitative estimate of drug-likeness (QED) is 0.705. The number of carbonyl (C=O) groups excluding carboxylic acids is 1. The number of aromatic nitrogens is 3. The van der Waals surface area contributed by atoms with Crippen molar-refractivity contribution in [3.63, 3.8) is 0 Å². The molecule has 3 aromatic rings. The van der Waals surface area contributed by atoms with E-state index in [9.17, 15) is 14.0 Å². The first-order chi connectivity index (χ1) is 14.5. The largest absolute Gasteiger partial charge is 0.480 e. The van der Waals surface area contributed by atoms with Crippen LogP contribution in [0.25, 0.3) is 5.65 Å². The minimum absolute atomic E-state index is 0.0280. The summed E-state index contributed by atoms with van der Waals surface area (Å²) >= 11 is 0. The lowest BCUT2D eigenvalue weighted by Crippen LogP contribution is -2.37. The van der Waals surface area contributed by atoms with Gasteiger partial charge >= 0.3 is 5.97 Å². The van der Waals surface area contributed by atoms with Gasteiger partial charge in [0.2, 0.25) is 0 Å². The molecule has 30 heavy (non-hydrogen) atoms. The van der Waals surface area contributed by atoms with Crippen molar-refractivity contribution in [3.05, 3.63) is 65.9 Å². The van der Waals surface area contributed by atoms with Crippen molar-refractivity contribution in [2.24, 2.45) is 11.8 Å². The fourth-order valence-corrected chi connectivity index (χ4v) is 4.89. The molecule has 0 saturated carbocycles. The Labute approximate surface area is 171 Å². The first-order valence-electron chi connectivity index (χ1n) is 9.79. The molecule has 5 rings (SSSR count). The molecule has 2 aliphatic rings. The zero-order chi connectivity index (χ0) is 20.8. The topological polar surface area (TPSA) is 91.0 Å². The van der Waals surface area contributed by atoms with Gasteiger partial charge < -0.3 is 10.0 Å². The number of nitrogens with zero attached hydrogens (tertiary/aromatic N) is 5. The van der Waals surface area contributed by atoms with Gasteiger partial charge in [0, 0.05) is 31.7 Å². The summed E-state index contributed by atoms with van der Waals surface area (Å²) in [5.41, 5.74) is 1.86. The SMILES string of the molecule is O=C(O)CN1C[C@H]2CN(C(=O)c3ccc4ncnn4c3)[C@H](c3cccc(F)c3)[C@H]2C1. The number of fused-ring (bicyclic) bond motifs is 2. The molecule has 0 bridgehead atoms. The highest BCUT2D eigenvalue weighted by Gasteiger charge is 2.49. The summed E-state index contributed by atoms with van der Waals surface area (Å²) in [6, 6.07) is 9.47. The number of aliphatic carboxylic acids is 1. The second-order valence-electron chi connectivity index (χ2n) is 7.95. The summed E-state index contributed by atoms with van der Waals surface area (Å²) in [6.45, 7) is 1.63. The average molecular weight is 409 g/mol. The molecule has 9 heteroatoms. The Morgan fingerprint density at radius 3 is 2.83 bits per heavy atom. The number of carbonyl (C=O) groups is 2. The molecule has 0 aliphatic carbocycles. The van der Waals surface area contributed by atoms with Crippen LogP contribution in [0, 0.1) is 17.7 Å². The Bertz CT molecular complexity index is 1130. The molecule has 4 heterocycles. The van der Waals surface area contributed by atoms with E-state index in [1.807, 2.05) is 11.0 Å². The van der Waals surface area contributed by atoms with Crippen LogP contribution >= 0.6 is 0 Å². The number of pyridine rings is 1. The molecule has 1 amide bonds. The van der Waals surface area contributed by atoms with E-state index in [0.717, 1.165) is 5.56 Å². The van der Waals surface area contributed by atoms with E-state index < -0.39 is 5.97 Å². The van der Waals surface area contributed by atoms with Crippen molar-refractivity contribution in [1.82, 2.24) is 24.4 Å². The fraction of sp³-hybridized carbons (Fsp3) is 0.333. The molecule has 3 atom stereocenters. The van der Waals surface area contributed by atoms with Crippen molar-refractivity contribution in [2.45, 2.75) is 6.04 Å². The van der Waals surface area contributed by atoms with Crippen LogP contribution < -0.4 is 0 Å². The number of likely N-dealkylation sites (tertiary alicyclic amines) is 2. The van der Waals surface area contributed by atoms with Crippen molar-refractivity contribution in [1.29, 1.82) is 0 Å². The summed E-state index contributed by atoms with van der Waals surface area (Å²) in [5.74, 6) is -1.19. The van der Waals surface area contributed by atoms with E-state index >= 15 is 0 Å². The van der Waals surface area contributed by atoms with Crippen LogP contribution in [0.4, 0.5) is 4.39 Å². The lowest BCUT2D eigenvalue weighted by molar-refractivity contribution is -0.138. The van der Waals surface area contributed by atoms with E-state index in [0.29, 0.717) is 30.8 Å². The lowest BCUT2D eigenvalue weighted by Gasteiger charge is -2.30. The van der Waals surface area contributed by atoms with Crippen LogP contribution in [-0.4, -0.2) is 67.6 Å². The van der Waals surface area contributed by atoms with Crippen molar-refractivity contribution >= 4 is 17.5 Å². The molecule has 154 valence electrons. The molecule has 2 aliphatic heterocycles. The van der Waals surface area contributed by atoms with E-state index in [2.05, 4.69) is 10.1 Å². The Hall–Kier alpha value is -3.33. The van der Waals surface area contributed by atoms with Crippen LogP contribution in [0.5, 0.6) is 0 Å². The van der Waals surface area contributed by atoms with Gasteiger partial charge in [0.25, 0.3) is 5.91 Å². The molecule has 8 nitrogen and oxygen atoms in total. The number of hydrogen-bond acceptors (Lipinski definition) is 5. The number of benzene rings is 1. The first-order valence-corrected chi connectivity index (χ1v) is 9.79. The van der Waals surface area contributed by atoms with Crippen LogP contribution in [0.1, 0.15) is 22.0 Å². The van der Waals surface area contributed by atoms with Gasteiger partial charge in [0.1, 0.15) is 12.1 Å². The van der Waals surface area contributed by atoms with Crippen molar-refractivity contribution < 1.29 is 19.1 Å². The second kappa shape index (κ2) is 7.17. The molecule has 1 aromatic carbocycles. The van der Waals surface area contributed by atoms with Gasteiger partial charge in [-0.2, -0.15) is 5.10 Å². The standard InChI is InChI=1S/C21H20FN5O3/c22-16-3-1-2-13(6-16)20-17-10-25(11-19(28)29)7-15(17)8-26(20)21(30)14-4-5-18-23-12-24-27(18)9-14/h1-6,9,12,15,17,20H,7-8,10-11H2,(H,28,29)/t15-,17-,20+/m0/s1. The van der Waals surface area contributed by atoms with Crippen LogP contribution in [0.15, 0.2) is 48.9 Å². The molecular weight excluding hydrogens is 389 g/mol. The summed E-state index contributed by atoms with van der Waals surface area (Å²) < 4.78 is 15.5. The first kappa shape index (κ1) is 18.7. The summed E-state index contributed by atoms with van der Waals surface area (Å²) in [4.78, 5) is 32.4. The second-order valence-corrected chi connectivity index (χ2v) is 7.95. The van der Waals surface area contributed by atoms with Gasteiger partial charge in [0.15, 0.2) is 5.65 Å². The number of halogens is 1. The lowest BCUT2D eigenvalue weighted by atomic mass is 9.89. The molecule has 0 unspecified atom stereocenters. The van der Waals surface area contributed by atoms with E-state index in [-0.39, 0.29) is 36.1 Å². The van der Waals surface area contributed by atoms with Gasteiger partial charge in [0.05, 0.1) is 18.2 Å². The monoisotopic (exact) mass is 409 g/mol. The number of carboxylic acids is 1. The molecule has 2 fully saturated rings. The Kier molecular flexibility index (Phi) is 4.47. The molecule has 2 saturated heterocycles. The predicted molar refractivity (Wildman–Crippen MR) is 104 cm³/mol. The number of carboxylic acid groups (broad SMARTS) is 1. The van der Waals surface area contributed by atoms with Crippen molar-refractivity contribution in [3.8, 4) is 0 Å². The molecule has 2 aromatic heterocycles. The molecule has 0 spiro atoms. The Balaban J connectivity index is 1.49. The maximum Gasteiger partial charge on any atom is 0.317 e. The number of hydrogen-bond donors (Lipinski definition) is 1. The number of rotatable bonds is 4. The van der Waals surface area contributed by atoms with Gasteiger partial charge in [-0.15, -0.1) is 0 Å². The van der Waals surface area contributed by atoms with Gasteiger partial charge in [-0.05, 0) is 35.7 Å². The highest BCUT2D eigenvalue weighted by molar-refractivity contribution is 5.94. The van der Waals surface area contributed by atoms with Gasteiger partial charge in [-0.25, -0.2) is 13.9 Å². The van der Waals surface area contributed by atoms with E-state index in [1.54, 1.807) is 33.8 Å². The van der Waals surface area contributed by atoms with Crippen LogP contribution in [-0.2, 0) is 4.79 Å². The maximum absolute atomic E-state index is 14.0. The third-order valence-corrected chi connectivity index (χ3v) is 6.07. The van der Waals surface area contributed by atoms with E-state index in [4.69, 9.17) is 5.11 Å². The molecule has 0 radical (unpaired) electrons. The third-order valence-electron chi connectivity index (χ3n) is 6.07. The third kappa shape index (κ3) is 3.21. The zero-order valence-electron chi connectivity index (χ0n) is 16.1. The average Bonchev–Trinajstić information content (AvgIpc) is 3.40. The molecule has 1 N–H and O–H groups in total. The van der Waals surface area contributed by atoms with Gasteiger partial charge in [-0.1, -0.05) is 12.1 Å². The maximum atomic E-state index is 14.0. The summed E-state index contributed by atoms with van der Waals surface area (Å²) in [5, 5.41) is 13.2. The molecular formula is C21H20FN5O3. The fourth-order valence-electron chi connectivity index (χ4n) is 4.89. The zero-order valence-corrected chi connectivity index (χ0v) is 16.1. The number of amides is 1. The smallest absolute Gasteiger partial charge is 0.317 e. The predicted octanol–water partition coefficient (Wildman–Crippen LogP) is 1.70. The van der Waals surface area contributed by atoms with Crippen LogP contribution in [0.2, 0.25) is 0 Å². The van der Waals surface area contributed by atoms with Crippen molar-refractivity contribution in [2.75, 3.05) is 26.2 Å². The van der Waals surface area contributed by atoms with Crippen LogP contribution in [0.3, 0.4) is 0 Å². The highest BCUT2D eigenvalue weighted by atomic mass is 19.1.